The maximum atomic E-state index is 12.9. The number of nitrogens with one attached hydrogen (secondary N) is 4. The number of H-pyrrole nitrogens is 2. The normalized spacial score (nSPS) is 28.4. The van der Waals surface area contributed by atoms with E-state index in [2.05, 4.69) is 109 Å². The fraction of sp³-hybridized carbons (Fsp3) is 0.242. The van der Waals surface area contributed by atoms with Gasteiger partial charge in [-0.1, -0.05) is 88.4 Å². The molecule has 0 amide bonds. The van der Waals surface area contributed by atoms with Crippen LogP contribution in [0.1, 0.15) is 92.2 Å². The molecular weight excluding hydrogens is 1030 g/mol. The summed E-state index contributed by atoms with van der Waals surface area (Å²) in [6.07, 6.45) is 22.7. The van der Waals surface area contributed by atoms with Crippen molar-refractivity contribution in [2.75, 3.05) is 0 Å². The number of aliphatic imine (C=N–C) groups is 4. The number of hydrogen-bond acceptors (Lipinski definition) is 8. The third-order valence-corrected chi connectivity index (χ3v) is 16.9. The molecule has 0 spiro atoms. The first-order chi connectivity index (χ1) is 37.7. The van der Waals surface area contributed by atoms with E-state index in [9.17, 15) is 19.8 Å². The molecule has 13 heteroatoms. The molecule has 0 saturated heterocycles. The summed E-state index contributed by atoms with van der Waals surface area (Å²) in [6, 6.07) is 27.9. The summed E-state index contributed by atoms with van der Waals surface area (Å²) in [4.78, 5) is 52.9. The van der Waals surface area contributed by atoms with Gasteiger partial charge in [-0.3, -0.25) is 9.59 Å². The zero-order valence-electron chi connectivity index (χ0n) is 46.0. The van der Waals surface area contributed by atoms with Crippen LogP contribution < -0.4 is 32.0 Å². The summed E-state index contributed by atoms with van der Waals surface area (Å²) in [5, 5.41) is 32.0. The Hall–Kier alpha value is -8.28. The summed E-state index contributed by atoms with van der Waals surface area (Å²) in [6.45, 7) is 16.2. The Morgan fingerprint density at radius 2 is 0.899 bits per heavy atom. The van der Waals surface area contributed by atoms with Gasteiger partial charge in [0.2, 0.25) is 0 Å². The van der Waals surface area contributed by atoms with E-state index in [-0.39, 0.29) is 19.5 Å². The molecule has 8 aliphatic heterocycles. The van der Waals surface area contributed by atoms with E-state index in [4.69, 9.17) is 20.0 Å². The first kappa shape index (κ1) is 54.1. The number of aliphatic carboxylic acids is 2. The van der Waals surface area contributed by atoms with Crippen molar-refractivity contribution >= 4 is 58.1 Å². The summed E-state index contributed by atoms with van der Waals surface area (Å²) in [5.41, 5.74) is 16.4. The van der Waals surface area contributed by atoms with Crippen LogP contribution in [0.3, 0.4) is 0 Å². The van der Waals surface area contributed by atoms with Gasteiger partial charge in [0, 0.05) is 63.4 Å². The van der Waals surface area contributed by atoms with Crippen molar-refractivity contribution in [1.29, 1.82) is 0 Å². The number of benzene rings is 2. The first-order valence-corrected chi connectivity index (χ1v) is 27.1. The molecule has 394 valence electrons. The van der Waals surface area contributed by atoms with Crippen LogP contribution in [0.2, 0.25) is 0 Å². The van der Waals surface area contributed by atoms with Gasteiger partial charge >= 0.3 is 11.9 Å². The molecule has 0 fully saturated rings. The van der Waals surface area contributed by atoms with Gasteiger partial charge in [-0.05, 0) is 183 Å². The second kappa shape index (κ2) is 21.5. The van der Waals surface area contributed by atoms with Crippen LogP contribution in [0.25, 0.3) is 23.3 Å². The van der Waals surface area contributed by atoms with Gasteiger partial charge in [-0.25, -0.2) is 20.0 Å². The van der Waals surface area contributed by atoms with E-state index in [1.165, 1.54) is 0 Å². The second-order valence-corrected chi connectivity index (χ2v) is 20.8. The maximum absolute atomic E-state index is 12.9. The topological polar surface area (TPSA) is 180 Å². The van der Waals surface area contributed by atoms with Crippen molar-refractivity contribution in [2.45, 2.75) is 93.2 Å². The predicted octanol–water partition coefficient (Wildman–Crippen LogP) is 9.39. The molecule has 16 bridgehead atoms. The SMILES string of the molecule is CCC1=C(C)C2=NC/1=C\C1NC(=C(C)C1(CC)C(=O)O)/C=C1/C=CC(=N1)/C(c1ccccc1)=c1/cc/c([nH]1)=C/2.CCC1=C(C)C2=NC/1=C\C1NC(=C(C)C1(CC)C(=O)O)/C=C1/C=CC(=N1)/C(c1ccccc1)=c1/cc/c([nH]1)=C/2.[Zn]. The number of allylic oxidation sites excluding steroid dienone is 10. The van der Waals surface area contributed by atoms with Gasteiger partial charge in [0.05, 0.1) is 57.7 Å². The minimum Gasteiger partial charge on any atom is -0.481 e. The zero-order chi connectivity index (χ0) is 54.6. The summed E-state index contributed by atoms with van der Waals surface area (Å²) in [7, 11) is 0. The van der Waals surface area contributed by atoms with E-state index in [1.807, 2.05) is 113 Å². The van der Waals surface area contributed by atoms with Crippen LogP contribution in [-0.4, -0.2) is 67.1 Å². The molecule has 2 aromatic carbocycles. The van der Waals surface area contributed by atoms with Crippen molar-refractivity contribution in [3.63, 3.8) is 0 Å². The van der Waals surface area contributed by atoms with Crippen LogP contribution in [0, 0.1) is 10.8 Å². The standard InChI is InChI=1S/2C33H32N4O2.Zn/c2*1-5-24-19(3)27-16-22-12-14-25(34-22)31(21-10-8-7-9-11-21)26-15-13-23(35-26)17-28-20(4)33(6-2,32(38)39)30(37-28)18-29(24)36-27;/h2*7-18,30,34,37H,5-6H2,1-4H3,(H,38,39);/b2*22-16-,23-17-,29-18-,31-25-;. The Morgan fingerprint density at radius 3 is 1.25 bits per heavy atom. The molecular formula is C66H64N8O4Zn. The van der Waals surface area contributed by atoms with Crippen LogP contribution in [0.15, 0.2) is 221 Å². The molecule has 0 radical (unpaired) electrons. The fourth-order valence-electron chi connectivity index (χ4n) is 12.5. The molecule has 10 heterocycles. The zero-order valence-corrected chi connectivity index (χ0v) is 49.0. The number of fused-ring (bicyclic) bond motifs is 12. The van der Waals surface area contributed by atoms with Crippen LogP contribution in [-0.2, 0) is 29.1 Å². The van der Waals surface area contributed by atoms with Crippen molar-refractivity contribution in [1.82, 2.24) is 20.6 Å². The third kappa shape index (κ3) is 9.27. The number of carboxylic acid groups (broad SMARTS) is 2. The fourth-order valence-corrected chi connectivity index (χ4v) is 12.5. The van der Waals surface area contributed by atoms with E-state index in [1.54, 1.807) is 0 Å². The van der Waals surface area contributed by atoms with Gasteiger partial charge in [0.15, 0.2) is 0 Å². The summed E-state index contributed by atoms with van der Waals surface area (Å²) in [5.74, 6) is -1.67. The van der Waals surface area contributed by atoms with Crippen LogP contribution >= 0.6 is 0 Å². The van der Waals surface area contributed by atoms with E-state index < -0.39 is 34.9 Å². The predicted molar refractivity (Wildman–Crippen MR) is 313 cm³/mol. The largest absolute Gasteiger partial charge is 0.481 e. The summed E-state index contributed by atoms with van der Waals surface area (Å²) < 4.78 is 0. The Bertz CT molecular complexity index is 3750. The van der Waals surface area contributed by atoms with Crippen LogP contribution in [0.5, 0.6) is 0 Å². The number of aromatic amines is 2. The van der Waals surface area contributed by atoms with Crippen molar-refractivity contribution in [2.24, 2.45) is 30.8 Å². The molecule has 0 aliphatic carbocycles. The molecule has 4 unspecified atom stereocenters. The van der Waals surface area contributed by atoms with Crippen molar-refractivity contribution in [3.8, 4) is 0 Å². The van der Waals surface area contributed by atoms with Gasteiger partial charge in [-0.15, -0.1) is 0 Å². The monoisotopic (exact) mass is 1100 g/mol. The molecule has 12 rings (SSSR count). The first-order valence-electron chi connectivity index (χ1n) is 27.1. The summed E-state index contributed by atoms with van der Waals surface area (Å²) >= 11 is 0. The minimum atomic E-state index is -1.08. The number of hydrogen-bond donors (Lipinski definition) is 6. The van der Waals surface area contributed by atoms with E-state index in [0.717, 1.165) is 147 Å². The molecule has 12 nitrogen and oxygen atoms in total. The Kier molecular flexibility index (Phi) is 14.7. The number of carboxylic acids is 2. The maximum Gasteiger partial charge on any atom is 0.316 e. The molecule has 4 atom stereocenters. The second-order valence-electron chi connectivity index (χ2n) is 20.8. The average Bonchev–Trinajstić information content (AvgIpc) is 4.48. The molecule has 8 aliphatic rings. The van der Waals surface area contributed by atoms with Gasteiger partial charge in [-0.2, -0.15) is 0 Å². The average molecular weight is 1100 g/mol. The number of aromatic nitrogens is 2. The number of rotatable bonds is 8. The molecule has 0 saturated carbocycles. The smallest absolute Gasteiger partial charge is 0.316 e. The minimum absolute atomic E-state index is 0. The van der Waals surface area contributed by atoms with Gasteiger partial charge in [0.1, 0.15) is 10.8 Å². The molecule has 6 N–H and O–H groups in total. The molecule has 79 heavy (non-hydrogen) atoms. The van der Waals surface area contributed by atoms with E-state index in [0.29, 0.717) is 12.8 Å². The number of carbonyl (C=O) groups is 2. The van der Waals surface area contributed by atoms with Crippen LogP contribution in [0.4, 0.5) is 0 Å². The van der Waals surface area contributed by atoms with Crippen molar-refractivity contribution in [3.05, 3.63) is 234 Å². The van der Waals surface area contributed by atoms with Gasteiger partial charge in [0.25, 0.3) is 0 Å². The quantitative estimate of drug-likeness (QED) is 0.0958. The van der Waals surface area contributed by atoms with E-state index >= 15 is 0 Å². The Labute approximate surface area is 473 Å². The number of nitrogens with zero attached hydrogens (tertiary/aromatic N) is 4. The van der Waals surface area contributed by atoms with Gasteiger partial charge < -0.3 is 30.8 Å². The molecule has 2 aromatic heterocycles. The Balaban J connectivity index is 0.000000176. The third-order valence-electron chi connectivity index (χ3n) is 16.9. The molecule has 4 aromatic rings. The Morgan fingerprint density at radius 1 is 0.506 bits per heavy atom. The van der Waals surface area contributed by atoms with Crippen molar-refractivity contribution < 1.29 is 39.3 Å².